The first-order valence-corrected chi connectivity index (χ1v) is 23.1. The molecule has 0 N–H and O–H groups in total. The van der Waals surface area contributed by atoms with E-state index in [4.69, 9.17) is 10.8 Å². The summed E-state index contributed by atoms with van der Waals surface area (Å²) in [5.41, 5.74) is 11.0. The van der Waals surface area contributed by atoms with Gasteiger partial charge in [0.1, 0.15) is 5.58 Å². The van der Waals surface area contributed by atoms with E-state index in [0.29, 0.717) is 0 Å². The van der Waals surface area contributed by atoms with E-state index in [1.54, 1.807) is 0 Å². The van der Waals surface area contributed by atoms with Crippen LogP contribution in [0.15, 0.2) is 144 Å². The Morgan fingerprint density at radius 2 is 1.48 bits per heavy atom. The van der Waals surface area contributed by atoms with Gasteiger partial charge in [0, 0.05) is 44.1 Å². The third-order valence-corrected chi connectivity index (χ3v) is 12.9. The molecular formula is C52H45IrN3OSi-2. The van der Waals surface area contributed by atoms with Gasteiger partial charge >= 0.3 is 0 Å². The molecule has 10 rings (SSSR count). The molecule has 3 aromatic heterocycles. The number of pyridine rings is 1. The molecule has 0 atom stereocenters. The molecule has 6 heteroatoms. The molecule has 0 aliphatic heterocycles. The van der Waals surface area contributed by atoms with Gasteiger partial charge in [0.05, 0.1) is 30.5 Å². The van der Waals surface area contributed by atoms with Crippen LogP contribution in [0.5, 0.6) is 0 Å². The maximum Gasteiger partial charge on any atom is 0.121 e. The maximum absolute atomic E-state index is 8.44. The van der Waals surface area contributed by atoms with E-state index >= 15 is 0 Å². The number of hydrogen-bond donors (Lipinski definition) is 0. The monoisotopic (exact) mass is 949 g/mol. The molecule has 0 bridgehead atoms. The Hall–Kier alpha value is -5.65. The molecule has 289 valence electrons. The van der Waals surface area contributed by atoms with Crippen LogP contribution in [0.4, 0.5) is 0 Å². The molecule has 0 saturated heterocycles. The third-order valence-electron chi connectivity index (χ3n) is 10.9. The van der Waals surface area contributed by atoms with Gasteiger partial charge in [-0.3, -0.25) is 4.98 Å². The van der Waals surface area contributed by atoms with Gasteiger partial charge in [-0.15, -0.1) is 53.6 Å². The smallest absolute Gasteiger partial charge is 0.121 e. The van der Waals surface area contributed by atoms with Crippen LogP contribution in [-0.2, 0) is 20.1 Å². The minimum atomic E-state index is -1.50. The molecule has 4 nitrogen and oxygen atoms in total. The van der Waals surface area contributed by atoms with Crippen molar-refractivity contribution in [3.05, 3.63) is 168 Å². The number of furan rings is 1. The van der Waals surface area contributed by atoms with Crippen molar-refractivity contribution >= 4 is 67.8 Å². The van der Waals surface area contributed by atoms with Crippen LogP contribution in [-0.4, -0.2) is 22.6 Å². The topological polar surface area (TPSA) is 43.9 Å². The molecule has 58 heavy (non-hydrogen) atoms. The van der Waals surface area contributed by atoms with Crippen molar-refractivity contribution in [1.82, 2.24) is 14.5 Å². The predicted molar refractivity (Wildman–Crippen MR) is 243 cm³/mol. The van der Waals surface area contributed by atoms with Crippen LogP contribution in [0, 0.1) is 26.0 Å². The molecule has 10 aromatic rings. The van der Waals surface area contributed by atoms with E-state index in [0.717, 1.165) is 72.4 Å². The zero-order valence-electron chi connectivity index (χ0n) is 34.9. The van der Waals surface area contributed by atoms with E-state index in [-0.39, 0.29) is 20.1 Å². The number of benzene rings is 7. The molecule has 0 aliphatic rings. The summed E-state index contributed by atoms with van der Waals surface area (Å²) >= 11 is 0. The van der Waals surface area contributed by atoms with Crippen molar-refractivity contribution in [2.75, 3.05) is 0 Å². The molecule has 0 saturated carbocycles. The molecule has 0 amide bonds. The zero-order chi connectivity index (χ0) is 40.3. The average molecular weight is 949 g/mol. The van der Waals surface area contributed by atoms with Gasteiger partial charge in [0.2, 0.25) is 0 Å². The quantitative estimate of drug-likeness (QED) is 0.128. The van der Waals surface area contributed by atoms with Crippen molar-refractivity contribution in [2.24, 2.45) is 0 Å². The molecule has 0 fully saturated rings. The average Bonchev–Trinajstić information content (AvgIpc) is 3.78. The normalized spacial score (nSPS) is 12.2. The van der Waals surface area contributed by atoms with Crippen molar-refractivity contribution in [3.63, 3.8) is 0 Å². The fourth-order valence-electron chi connectivity index (χ4n) is 8.00. The minimum Gasteiger partial charge on any atom is -0.501 e. The number of fused-ring (bicyclic) bond motifs is 6. The number of imidazole rings is 1. The fraction of sp³-hybridized carbons (Fsp3) is 0.154. The van der Waals surface area contributed by atoms with Crippen LogP contribution >= 0.6 is 0 Å². The Labute approximate surface area is 356 Å². The second kappa shape index (κ2) is 15.6. The van der Waals surface area contributed by atoms with Crippen LogP contribution in [0.2, 0.25) is 19.6 Å². The molecule has 0 unspecified atom stereocenters. The second-order valence-corrected chi connectivity index (χ2v) is 21.3. The summed E-state index contributed by atoms with van der Waals surface area (Å²) in [4.78, 5) is 9.87. The van der Waals surface area contributed by atoms with Crippen LogP contribution < -0.4 is 5.19 Å². The summed E-state index contributed by atoms with van der Waals surface area (Å²) in [6, 6.07) is 53.0. The van der Waals surface area contributed by atoms with E-state index < -0.39 is 14.0 Å². The maximum atomic E-state index is 8.44. The first-order chi connectivity index (χ1) is 27.8. The summed E-state index contributed by atoms with van der Waals surface area (Å²) in [5, 5.41) is 8.24. The third kappa shape index (κ3) is 7.11. The van der Waals surface area contributed by atoms with Gasteiger partial charge in [-0.25, -0.2) is 0 Å². The van der Waals surface area contributed by atoms with Gasteiger partial charge in [-0.05, 0) is 69.7 Å². The number of aryl methyl sites for hydroxylation is 2. The van der Waals surface area contributed by atoms with Gasteiger partial charge in [-0.1, -0.05) is 136 Å². The number of hydrogen-bond acceptors (Lipinski definition) is 3. The minimum absolute atomic E-state index is 0. The predicted octanol–water partition coefficient (Wildman–Crippen LogP) is 13.5. The molecule has 0 aliphatic carbocycles. The Morgan fingerprint density at radius 1 is 0.759 bits per heavy atom. The number of rotatable bonds is 5. The van der Waals surface area contributed by atoms with Crippen LogP contribution in [0.1, 0.15) is 37.8 Å². The Bertz CT molecular complexity index is 3170. The Kier molecular flexibility index (Phi) is 10.2. The summed E-state index contributed by atoms with van der Waals surface area (Å²) in [5.74, 6) is 0.217. The largest absolute Gasteiger partial charge is 0.501 e. The van der Waals surface area contributed by atoms with Crippen molar-refractivity contribution < 1.29 is 25.9 Å². The van der Waals surface area contributed by atoms with Crippen LogP contribution in [0.25, 0.3) is 82.8 Å². The van der Waals surface area contributed by atoms with Crippen LogP contribution in [0.3, 0.4) is 0 Å². The van der Waals surface area contributed by atoms with Gasteiger partial charge < -0.3 is 14.0 Å². The first-order valence-electron chi connectivity index (χ1n) is 20.1. The van der Waals surface area contributed by atoms with Gasteiger partial charge in [0.15, 0.2) is 0 Å². The fourth-order valence-corrected chi connectivity index (χ4v) is 9.58. The van der Waals surface area contributed by atoms with E-state index in [1.807, 2.05) is 44.3 Å². The number of nitrogens with zero attached hydrogens (tertiary/aromatic N) is 3. The summed E-state index contributed by atoms with van der Waals surface area (Å²) in [6.45, 7) is 15.0. The second-order valence-electron chi connectivity index (χ2n) is 16.3. The van der Waals surface area contributed by atoms with Crippen molar-refractivity contribution in [1.29, 1.82) is 0 Å². The molecule has 0 spiro atoms. The van der Waals surface area contributed by atoms with E-state index in [2.05, 4.69) is 164 Å². The zero-order valence-corrected chi connectivity index (χ0v) is 37.3. The van der Waals surface area contributed by atoms with E-state index in [9.17, 15) is 0 Å². The van der Waals surface area contributed by atoms with Gasteiger partial charge in [-0.2, -0.15) is 0 Å². The van der Waals surface area contributed by atoms with E-state index in [1.165, 1.54) is 32.3 Å². The summed E-state index contributed by atoms with van der Waals surface area (Å²) < 4.78 is 17.3. The molecule has 7 aromatic carbocycles. The molecule has 3 heterocycles. The standard InChI is InChI=1S/C35H23N2O.C17H22NSi.Ir/c1-21-14-16-27-32(18-21)38-34-28(17-15-22(2)33(27)34)35-36-29-19-24-9-3-4-10-25(24)20-31(29)37(35)30-13-7-11-23-8-5-6-12-26(23)30;1-13(2)15-11-16(14-9-7-6-8-10-14)18-12-17(15)19(3,4)5;/h3-16,18-20H,1-2H3;6-9,11-13H,1-5H3;/q2*-1;/i;13D;. The Balaban J connectivity index is 0.000000197. The first kappa shape index (κ1) is 37.9. The SMILES string of the molecule is Cc1ccc2c(c1)oc1c(-c3nc4cc5ccccc5cc4n3-c3cccc4ccccc34)[c-]cc(C)c12.[2H]C(C)(C)c1cc(-c2[c-]cccc2)ncc1[Si](C)(C)C.[Ir]. The van der Waals surface area contributed by atoms with Crippen molar-refractivity contribution in [2.45, 2.75) is 53.2 Å². The summed E-state index contributed by atoms with van der Waals surface area (Å²) in [7, 11) is -1.50. The number of aromatic nitrogens is 3. The molecule has 1 radical (unpaired) electrons. The molecular weight excluding hydrogens is 903 g/mol. The Morgan fingerprint density at radius 3 is 2.22 bits per heavy atom. The van der Waals surface area contributed by atoms with Crippen molar-refractivity contribution in [3.8, 4) is 28.3 Å². The summed E-state index contributed by atoms with van der Waals surface area (Å²) in [6.07, 6.45) is 1.98. The van der Waals surface area contributed by atoms with Gasteiger partial charge in [0.25, 0.3) is 0 Å².